The highest BCUT2D eigenvalue weighted by molar-refractivity contribution is 7.46. The van der Waals surface area contributed by atoms with Crippen LogP contribution >= 0.6 is 7.82 Å². The van der Waals surface area contributed by atoms with E-state index in [0.717, 1.165) is 6.92 Å². The standard InChI is InChI=1S/C11H15N2O8P.C2H4O2/c12-10(16)6-2-1-3-13(4-6)11-9(15)8(14)7(21-11)5-20-22(17,18)19;1-2(3)4/h1-4,7-9,11,14-15H,5H2,(H3-,12,16,17,18,19);1H3,(H,3,4)/p+1/t7-,8-,9-,11-;/m1./s1. The predicted octanol–water partition coefficient (Wildman–Crippen LogP) is -2.11. The summed E-state index contributed by atoms with van der Waals surface area (Å²) in [7, 11) is -4.72. The second-order valence-electron chi connectivity index (χ2n) is 5.26. The van der Waals surface area contributed by atoms with Crippen LogP contribution in [0.2, 0.25) is 0 Å². The number of carbonyl (C=O) groups excluding carboxylic acids is 1. The third-order valence-corrected chi connectivity index (χ3v) is 3.63. The van der Waals surface area contributed by atoms with Crippen molar-refractivity contribution in [3.63, 3.8) is 0 Å². The lowest BCUT2D eigenvalue weighted by Crippen LogP contribution is -2.46. The molecule has 1 aliphatic rings. The molecular formula is C13H20N2O10P+. The molecule has 1 aromatic rings. The number of hydrogen-bond donors (Lipinski definition) is 6. The molecule has 7 N–H and O–H groups in total. The van der Waals surface area contributed by atoms with Crippen LogP contribution in [0.3, 0.4) is 0 Å². The van der Waals surface area contributed by atoms with E-state index in [1.165, 1.54) is 29.1 Å². The first-order valence-corrected chi connectivity index (χ1v) is 8.67. The Balaban J connectivity index is 0.000000765. The molecule has 1 aliphatic heterocycles. The number of rotatable bonds is 5. The second-order valence-corrected chi connectivity index (χ2v) is 6.50. The first-order valence-electron chi connectivity index (χ1n) is 7.14. The minimum absolute atomic E-state index is 0.169. The highest BCUT2D eigenvalue weighted by atomic mass is 31.2. The second kappa shape index (κ2) is 9.14. The average Bonchev–Trinajstić information content (AvgIpc) is 2.80. The number of phosphoric ester groups is 1. The largest absolute Gasteiger partial charge is 0.481 e. The van der Waals surface area contributed by atoms with Crippen LogP contribution in [0, 0.1) is 0 Å². The fraction of sp³-hybridized carbons (Fsp3) is 0.462. The summed E-state index contributed by atoms with van der Waals surface area (Å²) in [6, 6.07) is 2.97. The van der Waals surface area contributed by atoms with Crippen molar-refractivity contribution in [2.45, 2.75) is 31.5 Å². The number of hydrogen-bond acceptors (Lipinski definition) is 7. The van der Waals surface area contributed by atoms with E-state index in [4.69, 9.17) is 30.2 Å². The van der Waals surface area contributed by atoms with Crippen LogP contribution in [0.5, 0.6) is 0 Å². The molecule has 0 saturated carbocycles. The molecule has 0 bridgehead atoms. The number of carboxylic acid groups (broad SMARTS) is 1. The highest BCUT2D eigenvalue weighted by Gasteiger charge is 2.48. The minimum Gasteiger partial charge on any atom is -0.481 e. The Morgan fingerprint density at radius 2 is 1.92 bits per heavy atom. The lowest BCUT2D eigenvalue weighted by molar-refractivity contribution is -0.765. The highest BCUT2D eigenvalue weighted by Crippen LogP contribution is 2.37. The van der Waals surface area contributed by atoms with Gasteiger partial charge in [0.05, 0.1) is 6.61 Å². The van der Waals surface area contributed by atoms with E-state index in [1.807, 2.05) is 0 Å². The number of primary amides is 1. The van der Waals surface area contributed by atoms with Crippen LogP contribution in [0.1, 0.15) is 23.5 Å². The molecule has 0 aliphatic carbocycles. The van der Waals surface area contributed by atoms with Crippen LogP contribution < -0.4 is 10.3 Å². The van der Waals surface area contributed by atoms with Crippen LogP contribution in [0.4, 0.5) is 0 Å². The van der Waals surface area contributed by atoms with Gasteiger partial charge in [0.25, 0.3) is 18.1 Å². The Morgan fingerprint density at radius 1 is 1.35 bits per heavy atom. The summed E-state index contributed by atoms with van der Waals surface area (Å²) in [5.74, 6) is -1.51. The molecule has 0 radical (unpaired) electrons. The van der Waals surface area contributed by atoms with E-state index in [0.29, 0.717) is 0 Å². The third kappa shape index (κ3) is 6.77. The smallest absolute Gasteiger partial charge is 0.469 e. The number of carbonyl (C=O) groups is 2. The molecule has 12 nitrogen and oxygen atoms in total. The molecule has 0 spiro atoms. The zero-order valence-electron chi connectivity index (χ0n) is 13.6. The van der Waals surface area contributed by atoms with Gasteiger partial charge in [-0.15, -0.1) is 0 Å². The first-order chi connectivity index (χ1) is 11.9. The maximum Gasteiger partial charge on any atom is 0.469 e. The van der Waals surface area contributed by atoms with Crippen LogP contribution in [0.25, 0.3) is 0 Å². The van der Waals surface area contributed by atoms with E-state index in [9.17, 15) is 19.6 Å². The fourth-order valence-corrected chi connectivity index (χ4v) is 2.42. The number of nitrogens with zero attached hydrogens (tertiary/aromatic N) is 1. The van der Waals surface area contributed by atoms with Crippen molar-refractivity contribution in [2.24, 2.45) is 5.73 Å². The maximum absolute atomic E-state index is 11.1. The van der Waals surface area contributed by atoms with E-state index < -0.39 is 50.8 Å². The Morgan fingerprint density at radius 3 is 2.42 bits per heavy atom. The van der Waals surface area contributed by atoms with Crippen molar-refractivity contribution in [1.29, 1.82) is 0 Å². The summed E-state index contributed by atoms with van der Waals surface area (Å²) in [5, 5.41) is 27.2. The zero-order chi connectivity index (χ0) is 20.1. The summed E-state index contributed by atoms with van der Waals surface area (Å²) in [6.07, 6.45) is -2.18. The Labute approximate surface area is 147 Å². The molecule has 13 heteroatoms. The SMILES string of the molecule is CC(=O)O.NC(=O)c1ccc[n+]([C@@H]2O[C@H](COP(=O)(O)O)[C@@H](O)[C@H]2O)c1. The average molecular weight is 395 g/mol. The monoisotopic (exact) mass is 395 g/mol. The third-order valence-electron chi connectivity index (χ3n) is 3.14. The van der Waals surface area contributed by atoms with Gasteiger partial charge < -0.3 is 35.6 Å². The number of aromatic nitrogens is 1. The van der Waals surface area contributed by atoms with Crippen LogP contribution in [0.15, 0.2) is 24.5 Å². The molecule has 1 fully saturated rings. The van der Waals surface area contributed by atoms with Gasteiger partial charge in [-0.25, -0.2) is 4.57 Å². The van der Waals surface area contributed by atoms with Gasteiger partial charge in [-0.1, -0.05) is 0 Å². The molecule has 0 unspecified atom stereocenters. The Kier molecular flexibility index (Phi) is 7.78. The molecule has 2 rings (SSSR count). The van der Waals surface area contributed by atoms with Gasteiger partial charge in [-0.3, -0.25) is 14.1 Å². The number of aliphatic hydroxyl groups excluding tert-OH is 2. The van der Waals surface area contributed by atoms with E-state index >= 15 is 0 Å². The normalized spacial score (nSPS) is 25.3. The van der Waals surface area contributed by atoms with E-state index in [2.05, 4.69) is 4.52 Å². The van der Waals surface area contributed by atoms with Gasteiger partial charge in [0.2, 0.25) is 0 Å². The quantitative estimate of drug-likeness (QED) is 0.237. The number of pyridine rings is 1. The molecule has 0 aromatic carbocycles. The predicted molar refractivity (Wildman–Crippen MR) is 82.4 cm³/mol. The van der Waals surface area contributed by atoms with Gasteiger partial charge in [-0.05, 0) is 6.07 Å². The van der Waals surface area contributed by atoms with Gasteiger partial charge in [0.15, 0.2) is 18.5 Å². The van der Waals surface area contributed by atoms with Crippen molar-refractivity contribution in [1.82, 2.24) is 0 Å². The number of aliphatic hydroxyl groups is 2. The molecule has 1 saturated heterocycles. The summed E-state index contributed by atoms with van der Waals surface area (Å²) >= 11 is 0. The maximum atomic E-state index is 11.1. The number of nitrogens with two attached hydrogens (primary N) is 1. The van der Waals surface area contributed by atoms with E-state index in [1.54, 1.807) is 0 Å². The molecule has 1 amide bonds. The number of ether oxygens (including phenoxy) is 1. The number of carboxylic acids is 1. The minimum atomic E-state index is -4.72. The molecule has 2 heterocycles. The summed E-state index contributed by atoms with van der Waals surface area (Å²) in [5.41, 5.74) is 5.32. The van der Waals surface area contributed by atoms with Crippen LogP contribution in [-0.4, -0.2) is 61.9 Å². The number of phosphoric acid groups is 1. The Hall–Kier alpha value is -1.92. The van der Waals surface area contributed by atoms with Crippen LogP contribution in [-0.2, 0) is 18.6 Å². The molecule has 4 atom stereocenters. The molecule has 26 heavy (non-hydrogen) atoms. The zero-order valence-corrected chi connectivity index (χ0v) is 14.5. The molecular weight excluding hydrogens is 375 g/mol. The van der Waals surface area contributed by atoms with Crippen molar-refractivity contribution in [2.75, 3.05) is 6.61 Å². The lowest BCUT2D eigenvalue weighted by Gasteiger charge is -2.13. The molecule has 146 valence electrons. The number of aliphatic carboxylic acids is 1. The van der Waals surface area contributed by atoms with Gasteiger partial charge in [0.1, 0.15) is 17.8 Å². The first kappa shape index (κ1) is 22.1. The van der Waals surface area contributed by atoms with E-state index in [-0.39, 0.29) is 5.56 Å². The summed E-state index contributed by atoms with van der Waals surface area (Å²) < 4.78 is 21.6. The number of amides is 1. The molecule has 1 aromatic heterocycles. The lowest BCUT2D eigenvalue weighted by atomic mass is 10.1. The van der Waals surface area contributed by atoms with Gasteiger partial charge >= 0.3 is 7.82 Å². The van der Waals surface area contributed by atoms with Crippen molar-refractivity contribution >= 4 is 19.7 Å². The topological polar surface area (TPSA) is 201 Å². The van der Waals surface area contributed by atoms with Crippen molar-refractivity contribution < 1.29 is 53.1 Å². The summed E-state index contributed by atoms with van der Waals surface area (Å²) in [4.78, 5) is 37.4. The fourth-order valence-electron chi connectivity index (χ4n) is 2.08. The van der Waals surface area contributed by atoms with Gasteiger partial charge in [0, 0.05) is 13.0 Å². The summed E-state index contributed by atoms with van der Waals surface area (Å²) in [6.45, 7) is 0.481. The Bertz CT molecular complexity index is 689. The van der Waals surface area contributed by atoms with Crippen molar-refractivity contribution in [3.8, 4) is 0 Å². The van der Waals surface area contributed by atoms with Gasteiger partial charge in [-0.2, -0.15) is 4.57 Å². The van der Waals surface area contributed by atoms with Crippen molar-refractivity contribution in [3.05, 3.63) is 30.1 Å².